The Morgan fingerprint density at radius 3 is 1.18 bits per heavy atom. The topological polar surface area (TPSA) is 0 Å². The first-order chi connectivity index (χ1) is 8.41. The van der Waals surface area contributed by atoms with Crippen molar-refractivity contribution in [3.8, 4) is 0 Å². The van der Waals surface area contributed by atoms with Crippen LogP contribution in [0.5, 0.6) is 0 Å². The molecule has 0 aromatic heterocycles. The highest BCUT2D eigenvalue weighted by atomic mass is 32.2. The molecule has 0 rings (SSSR count). The number of hydrogen-bond acceptors (Lipinski definition) is 3. The van der Waals surface area contributed by atoms with Gasteiger partial charge < -0.3 is 0 Å². The largest absolute Gasteiger partial charge is 0.165 e. The van der Waals surface area contributed by atoms with Crippen LogP contribution in [0.4, 0.5) is 0 Å². The molecule has 0 saturated heterocycles. The molecule has 0 aliphatic carbocycles. The number of thioether (sulfide) groups is 3. The summed E-state index contributed by atoms with van der Waals surface area (Å²) in [4.78, 5) is 0. The van der Waals surface area contributed by atoms with Gasteiger partial charge in [0.05, 0.1) is 0 Å². The van der Waals surface area contributed by atoms with Gasteiger partial charge in [0.2, 0.25) is 0 Å². The Morgan fingerprint density at radius 2 is 0.824 bits per heavy atom. The van der Waals surface area contributed by atoms with Crippen LogP contribution >= 0.6 is 35.3 Å². The molecule has 0 radical (unpaired) electrons. The summed E-state index contributed by atoms with van der Waals surface area (Å²) in [5.74, 6) is 5.49. The molecule has 0 aliphatic heterocycles. The average molecular weight is 295 g/mol. The Balaban J connectivity index is 2.85. The Kier molecular flexibility index (Phi) is 18.1. The maximum atomic E-state index is 2.20. The molecule has 0 amide bonds. The summed E-state index contributed by atoms with van der Waals surface area (Å²) >= 11 is 6.13. The van der Waals surface area contributed by atoms with Crippen molar-refractivity contribution in [1.82, 2.24) is 0 Å². The minimum atomic E-state index is 1.35. The molecule has 0 aliphatic rings. The lowest BCUT2D eigenvalue weighted by atomic mass is 10.2. The van der Waals surface area contributed by atoms with E-state index >= 15 is 0 Å². The maximum absolute atomic E-state index is 2.20. The van der Waals surface area contributed by atoms with Crippen molar-refractivity contribution in [3.05, 3.63) is 0 Å². The van der Waals surface area contributed by atoms with E-state index < -0.39 is 0 Å². The highest BCUT2D eigenvalue weighted by Crippen LogP contribution is 2.12. The molecule has 0 heterocycles. The van der Waals surface area contributed by atoms with Gasteiger partial charge in [-0.2, -0.15) is 35.3 Å². The summed E-state index contributed by atoms with van der Waals surface area (Å²) in [5, 5.41) is 0. The van der Waals surface area contributed by atoms with Gasteiger partial charge in [-0.05, 0) is 61.2 Å². The van der Waals surface area contributed by atoms with Gasteiger partial charge in [-0.1, -0.05) is 25.7 Å². The third-order valence-corrected chi connectivity index (χ3v) is 5.32. The molecule has 0 aromatic carbocycles. The molecule has 0 fully saturated rings. The van der Waals surface area contributed by atoms with Crippen LogP contribution in [0, 0.1) is 0 Å². The SMILES string of the molecule is CSCCCCCCSCCCCCCSC. The zero-order chi connectivity index (χ0) is 12.6. The fourth-order valence-corrected chi connectivity index (χ4v) is 3.72. The fraction of sp³-hybridized carbons (Fsp3) is 1.00. The lowest BCUT2D eigenvalue weighted by Crippen LogP contribution is -1.87. The first kappa shape index (κ1) is 18.0. The lowest BCUT2D eigenvalue weighted by molar-refractivity contribution is 0.704. The van der Waals surface area contributed by atoms with Crippen LogP contribution in [-0.2, 0) is 0 Å². The second kappa shape index (κ2) is 17.1. The summed E-state index contributed by atoms with van der Waals surface area (Å²) < 4.78 is 0. The third kappa shape index (κ3) is 17.1. The average Bonchev–Trinajstić information content (AvgIpc) is 2.35. The standard InChI is InChI=1S/C14H30S3/c1-15-11-7-3-5-9-13-17-14-10-6-4-8-12-16-2/h3-14H2,1-2H3. The smallest absolute Gasteiger partial charge is 0.00675 e. The van der Waals surface area contributed by atoms with Crippen molar-refractivity contribution < 1.29 is 0 Å². The molecule has 0 unspecified atom stereocenters. The quantitative estimate of drug-likeness (QED) is 0.385. The highest BCUT2D eigenvalue weighted by Gasteiger charge is 1.93. The van der Waals surface area contributed by atoms with Crippen LogP contribution in [0.25, 0.3) is 0 Å². The zero-order valence-electron chi connectivity index (χ0n) is 11.7. The van der Waals surface area contributed by atoms with E-state index in [0.29, 0.717) is 0 Å². The summed E-state index contributed by atoms with van der Waals surface area (Å²) in [7, 11) is 0. The van der Waals surface area contributed by atoms with E-state index in [1.54, 1.807) is 0 Å². The van der Waals surface area contributed by atoms with Crippen molar-refractivity contribution in [2.75, 3.05) is 35.5 Å². The van der Waals surface area contributed by atoms with Gasteiger partial charge in [0, 0.05) is 0 Å². The molecule has 0 atom stereocenters. The molecule has 0 N–H and O–H groups in total. The normalized spacial score (nSPS) is 10.9. The first-order valence-electron chi connectivity index (χ1n) is 6.97. The summed E-state index contributed by atoms with van der Waals surface area (Å²) in [6.07, 6.45) is 15.9. The highest BCUT2D eigenvalue weighted by molar-refractivity contribution is 7.99. The van der Waals surface area contributed by atoms with Crippen LogP contribution in [-0.4, -0.2) is 35.5 Å². The molecular formula is C14H30S3. The van der Waals surface area contributed by atoms with Crippen molar-refractivity contribution in [1.29, 1.82) is 0 Å². The minimum Gasteiger partial charge on any atom is -0.165 e. The van der Waals surface area contributed by atoms with Crippen LogP contribution in [0.15, 0.2) is 0 Å². The summed E-state index contributed by atoms with van der Waals surface area (Å²) in [6.45, 7) is 0. The minimum absolute atomic E-state index is 1.35. The van der Waals surface area contributed by atoms with E-state index in [2.05, 4.69) is 24.3 Å². The van der Waals surface area contributed by atoms with Crippen molar-refractivity contribution in [2.45, 2.75) is 51.4 Å². The maximum Gasteiger partial charge on any atom is -0.00675 e. The van der Waals surface area contributed by atoms with E-state index in [0.717, 1.165) is 0 Å². The second-order valence-electron chi connectivity index (χ2n) is 4.43. The lowest BCUT2D eigenvalue weighted by Gasteiger charge is -2.02. The summed E-state index contributed by atoms with van der Waals surface area (Å²) in [5.41, 5.74) is 0. The first-order valence-corrected chi connectivity index (χ1v) is 10.9. The van der Waals surface area contributed by atoms with E-state index in [-0.39, 0.29) is 0 Å². The molecule has 0 spiro atoms. The van der Waals surface area contributed by atoms with Gasteiger partial charge in [-0.15, -0.1) is 0 Å². The van der Waals surface area contributed by atoms with E-state index in [1.807, 2.05) is 23.5 Å². The number of unbranched alkanes of at least 4 members (excludes halogenated alkanes) is 6. The Morgan fingerprint density at radius 1 is 0.471 bits per heavy atom. The number of hydrogen-bond donors (Lipinski definition) is 0. The fourth-order valence-electron chi connectivity index (χ4n) is 1.71. The van der Waals surface area contributed by atoms with Gasteiger partial charge in [0.25, 0.3) is 0 Å². The van der Waals surface area contributed by atoms with Crippen molar-refractivity contribution in [3.63, 3.8) is 0 Å². The predicted molar refractivity (Wildman–Crippen MR) is 91.0 cm³/mol. The third-order valence-electron chi connectivity index (χ3n) is 2.77. The van der Waals surface area contributed by atoms with Gasteiger partial charge in [0.1, 0.15) is 0 Å². The summed E-state index contributed by atoms with van der Waals surface area (Å²) in [6, 6.07) is 0. The van der Waals surface area contributed by atoms with Gasteiger partial charge in [-0.25, -0.2) is 0 Å². The van der Waals surface area contributed by atoms with E-state index in [4.69, 9.17) is 0 Å². The second-order valence-corrected chi connectivity index (χ2v) is 7.62. The van der Waals surface area contributed by atoms with E-state index in [9.17, 15) is 0 Å². The molecule has 0 bridgehead atoms. The van der Waals surface area contributed by atoms with E-state index in [1.165, 1.54) is 74.4 Å². The Hall–Kier alpha value is 1.05. The molecule has 104 valence electrons. The van der Waals surface area contributed by atoms with Crippen LogP contribution in [0.1, 0.15) is 51.4 Å². The molecule has 0 nitrogen and oxygen atoms in total. The van der Waals surface area contributed by atoms with Gasteiger partial charge in [-0.3, -0.25) is 0 Å². The van der Waals surface area contributed by atoms with Crippen LogP contribution in [0.2, 0.25) is 0 Å². The van der Waals surface area contributed by atoms with Crippen molar-refractivity contribution >= 4 is 35.3 Å². The molecule has 0 aromatic rings. The Bertz CT molecular complexity index is 115. The molecular weight excluding hydrogens is 264 g/mol. The molecule has 3 heteroatoms. The monoisotopic (exact) mass is 294 g/mol. The number of rotatable bonds is 14. The molecule has 0 saturated carbocycles. The Labute approximate surface area is 122 Å². The van der Waals surface area contributed by atoms with Gasteiger partial charge >= 0.3 is 0 Å². The van der Waals surface area contributed by atoms with Crippen LogP contribution < -0.4 is 0 Å². The van der Waals surface area contributed by atoms with Crippen LogP contribution in [0.3, 0.4) is 0 Å². The van der Waals surface area contributed by atoms with Gasteiger partial charge in [0.15, 0.2) is 0 Å². The van der Waals surface area contributed by atoms with Crippen molar-refractivity contribution in [2.24, 2.45) is 0 Å². The molecule has 17 heavy (non-hydrogen) atoms. The predicted octanol–water partition coefficient (Wildman–Crippen LogP) is 5.57. The zero-order valence-corrected chi connectivity index (χ0v) is 14.2.